The summed E-state index contributed by atoms with van der Waals surface area (Å²) in [4.78, 5) is 14.1. The molecule has 132 valence electrons. The molecular formula is C19H18N4O3. The van der Waals surface area contributed by atoms with E-state index in [4.69, 9.17) is 9.15 Å². The maximum Gasteiger partial charge on any atom is 0.262 e. The minimum atomic E-state index is -0.591. The second kappa shape index (κ2) is 6.87. The van der Waals surface area contributed by atoms with E-state index in [1.54, 1.807) is 7.05 Å². The van der Waals surface area contributed by atoms with E-state index in [0.29, 0.717) is 30.6 Å². The molecule has 0 bridgehead atoms. The fourth-order valence-electron chi connectivity index (χ4n) is 2.93. The first-order valence-electron chi connectivity index (χ1n) is 8.34. The highest BCUT2D eigenvalue weighted by Crippen LogP contribution is 2.34. The summed E-state index contributed by atoms with van der Waals surface area (Å²) < 4.78 is 11.6. The number of likely N-dealkylation sites (N-methyl/N-ethyl adjacent to an activating group) is 1. The molecule has 1 atom stereocenters. The first-order chi connectivity index (χ1) is 12.7. The van der Waals surface area contributed by atoms with Crippen LogP contribution in [0, 0.1) is 0 Å². The minimum absolute atomic E-state index is 0.167. The number of ether oxygens (including phenoxy) is 1. The molecule has 26 heavy (non-hydrogen) atoms. The van der Waals surface area contributed by atoms with Gasteiger partial charge in [-0.1, -0.05) is 30.3 Å². The number of nitrogens with zero attached hydrogens (tertiary/aromatic N) is 3. The first-order valence-corrected chi connectivity index (χ1v) is 8.34. The van der Waals surface area contributed by atoms with Crippen molar-refractivity contribution in [2.75, 3.05) is 18.5 Å². The lowest BCUT2D eigenvalue weighted by atomic mass is 10.2. The van der Waals surface area contributed by atoms with E-state index in [1.807, 2.05) is 59.5 Å². The Morgan fingerprint density at radius 2 is 1.92 bits per heavy atom. The van der Waals surface area contributed by atoms with Gasteiger partial charge in [0, 0.05) is 12.6 Å². The molecule has 3 aromatic rings. The highest BCUT2D eigenvalue weighted by atomic mass is 16.5. The molecule has 1 amide bonds. The third kappa shape index (κ3) is 3.11. The molecule has 4 rings (SSSR count). The Labute approximate surface area is 150 Å². The molecule has 1 aromatic heterocycles. The van der Waals surface area contributed by atoms with E-state index in [9.17, 15) is 4.79 Å². The zero-order chi connectivity index (χ0) is 17.9. The number of nitrogens with one attached hydrogen (secondary N) is 1. The van der Waals surface area contributed by atoms with Crippen molar-refractivity contribution in [2.45, 2.75) is 12.6 Å². The summed E-state index contributed by atoms with van der Waals surface area (Å²) >= 11 is 0. The van der Waals surface area contributed by atoms with Gasteiger partial charge in [-0.15, -0.1) is 10.2 Å². The van der Waals surface area contributed by atoms with E-state index in [2.05, 4.69) is 15.5 Å². The highest BCUT2D eigenvalue weighted by molar-refractivity contribution is 5.83. The van der Waals surface area contributed by atoms with Crippen LogP contribution in [0.15, 0.2) is 59.0 Å². The predicted octanol–water partition coefficient (Wildman–Crippen LogP) is 2.25. The normalized spacial score (nSPS) is 15.9. The number of hydrogen-bond acceptors (Lipinski definition) is 6. The summed E-state index contributed by atoms with van der Waals surface area (Å²) in [5.74, 6) is 1.45. The lowest BCUT2D eigenvalue weighted by molar-refractivity contribution is -0.127. The van der Waals surface area contributed by atoms with Crippen LogP contribution in [0.1, 0.15) is 5.89 Å². The van der Waals surface area contributed by atoms with Gasteiger partial charge in [-0.2, -0.15) is 0 Å². The predicted molar refractivity (Wildman–Crippen MR) is 95.7 cm³/mol. The molecule has 2 aromatic carbocycles. The zero-order valence-electron chi connectivity index (χ0n) is 14.3. The van der Waals surface area contributed by atoms with Crippen LogP contribution >= 0.6 is 0 Å². The lowest BCUT2D eigenvalue weighted by Crippen LogP contribution is -2.48. The number of carbonyl (C=O) groups excluding carboxylic acids is 1. The van der Waals surface area contributed by atoms with Gasteiger partial charge in [0.1, 0.15) is 5.75 Å². The van der Waals surface area contributed by atoms with Crippen molar-refractivity contribution in [3.63, 3.8) is 0 Å². The largest absolute Gasteiger partial charge is 0.477 e. The van der Waals surface area contributed by atoms with Gasteiger partial charge < -0.3 is 19.4 Å². The third-order valence-electron chi connectivity index (χ3n) is 4.21. The average Bonchev–Trinajstić information content (AvgIpc) is 3.16. The number of benzene rings is 2. The summed E-state index contributed by atoms with van der Waals surface area (Å²) in [5, 5.41) is 10.9. The number of para-hydroxylation sites is 2. The van der Waals surface area contributed by atoms with Crippen LogP contribution in [-0.2, 0) is 11.3 Å². The van der Waals surface area contributed by atoms with Gasteiger partial charge in [-0.3, -0.25) is 4.79 Å². The van der Waals surface area contributed by atoms with Crippen LogP contribution in [-0.4, -0.2) is 35.8 Å². The number of aromatic nitrogens is 2. The fraction of sp³-hybridized carbons (Fsp3) is 0.211. The maximum atomic E-state index is 12.0. The van der Waals surface area contributed by atoms with Gasteiger partial charge in [0.2, 0.25) is 11.8 Å². The molecule has 7 nitrogen and oxygen atoms in total. The van der Waals surface area contributed by atoms with Crippen molar-refractivity contribution in [3.8, 4) is 17.2 Å². The van der Waals surface area contributed by atoms with Crippen LogP contribution in [0.2, 0.25) is 0 Å². The molecule has 0 radical (unpaired) electrons. The molecule has 0 spiro atoms. The summed E-state index contributed by atoms with van der Waals surface area (Å²) in [6.07, 6.45) is -0.591. The number of anilines is 1. The van der Waals surface area contributed by atoms with Crippen molar-refractivity contribution in [3.05, 3.63) is 60.5 Å². The minimum Gasteiger partial charge on any atom is -0.477 e. The van der Waals surface area contributed by atoms with Crippen molar-refractivity contribution >= 4 is 11.6 Å². The lowest BCUT2D eigenvalue weighted by Gasteiger charge is -2.34. The van der Waals surface area contributed by atoms with E-state index < -0.39 is 6.10 Å². The van der Waals surface area contributed by atoms with Gasteiger partial charge >= 0.3 is 0 Å². The van der Waals surface area contributed by atoms with E-state index in [0.717, 1.165) is 11.3 Å². The molecule has 0 fully saturated rings. The molecule has 1 N–H and O–H groups in total. The monoisotopic (exact) mass is 350 g/mol. The Hall–Kier alpha value is -3.35. The summed E-state index contributed by atoms with van der Waals surface area (Å²) in [6, 6.07) is 17.2. The number of amides is 1. The average molecular weight is 350 g/mol. The second-order valence-electron chi connectivity index (χ2n) is 5.94. The van der Waals surface area contributed by atoms with Crippen molar-refractivity contribution in [2.24, 2.45) is 0 Å². The Balaban J connectivity index is 1.59. The van der Waals surface area contributed by atoms with Crippen molar-refractivity contribution in [1.82, 2.24) is 15.5 Å². The van der Waals surface area contributed by atoms with E-state index >= 15 is 0 Å². The highest BCUT2D eigenvalue weighted by Gasteiger charge is 2.31. The Morgan fingerprint density at radius 3 is 2.73 bits per heavy atom. The quantitative estimate of drug-likeness (QED) is 0.777. The number of hydrogen-bond donors (Lipinski definition) is 1. The standard InChI is InChI=1S/C19H18N4O3/c1-20-18(24)16-11-23(14-9-5-6-10-15(14)25-16)12-17-21-22-19(26-17)13-7-3-2-4-8-13/h2-10,16H,11-12H2,1H3,(H,20,24)/t16-/m0/s1. The van der Waals surface area contributed by atoms with Gasteiger partial charge in [0.15, 0.2) is 6.10 Å². The van der Waals surface area contributed by atoms with Crippen LogP contribution in [0.3, 0.4) is 0 Å². The third-order valence-corrected chi connectivity index (χ3v) is 4.21. The van der Waals surface area contributed by atoms with Crippen molar-refractivity contribution in [1.29, 1.82) is 0 Å². The summed E-state index contributed by atoms with van der Waals surface area (Å²) in [7, 11) is 1.60. The van der Waals surface area contributed by atoms with Gasteiger partial charge in [-0.25, -0.2) is 0 Å². The van der Waals surface area contributed by atoms with E-state index in [1.165, 1.54) is 0 Å². The first kappa shape index (κ1) is 16.1. The molecule has 0 unspecified atom stereocenters. The zero-order valence-corrected chi connectivity index (χ0v) is 14.3. The van der Waals surface area contributed by atoms with Crippen LogP contribution in [0.5, 0.6) is 5.75 Å². The van der Waals surface area contributed by atoms with Gasteiger partial charge in [-0.05, 0) is 24.3 Å². The molecule has 0 saturated carbocycles. The molecule has 0 saturated heterocycles. The molecular weight excluding hydrogens is 332 g/mol. The molecule has 2 heterocycles. The molecule has 7 heteroatoms. The van der Waals surface area contributed by atoms with Crippen LogP contribution in [0.4, 0.5) is 5.69 Å². The molecule has 0 aliphatic carbocycles. The van der Waals surface area contributed by atoms with E-state index in [-0.39, 0.29) is 5.91 Å². The summed E-state index contributed by atoms with van der Waals surface area (Å²) in [5.41, 5.74) is 1.77. The SMILES string of the molecule is CNC(=O)[C@@H]1CN(Cc2nnc(-c3ccccc3)o2)c2ccccc2O1. The molecule has 1 aliphatic heterocycles. The number of fused-ring (bicyclic) bond motifs is 1. The maximum absolute atomic E-state index is 12.0. The number of rotatable bonds is 4. The smallest absolute Gasteiger partial charge is 0.262 e. The summed E-state index contributed by atoms with van der Waals surface area (Å²) in [6.45, 7) is 0.799. The molecule has 1 aliphatic rings. The van der Waals surface area contributed by atoms with Crippen LogP contribution in [0.25, 0.3) is 11.5 Å². The fourth-order valence-corrected chi connectivity index (χ4v) is 2.93. The van der Waals surface area contributed by atoms with Crippen LogP contribution < -0.4 is 15.0 Å². The topological polar surface area (TPSA) is 80.5 Å². The van der Waals surface area contributed by atoms with Crippen molar-refractivity contribution < 1.29 is 13.9 Å². The van der Waals surface area contributed by atoms with Gasteiger partial charge in [0.05, 0.1) is 18.8 Å². The van der Waals surface area contributed by atoms with Gasteiger partial charge in [0.25, 0.3) is 5.91 Å². The Morgan fingerprint density at radius 1 is 1.15 bits per heavy atom. The Bertz CT molecular complexity index is 910. The Kier molecular flexibility index (Phi) is 4.27. The second-order valence-corrected chi connectivity index (χ2v) is 5.94. The number of carbonyl (C=O) groups is 1.